The highest BCUT2D eigenvalue weighted by molar-refractivity contribution is 7.92. The van der Waals surface area contributed by atoms with Crippen molar-refractivity contribution >= 4 is 39.1 Å². The van der Waals surface area contributed by atoms with Gasteiger partial charge in [0.05, 0.1) is 17.7 Å². The van der Waals surface area contributed by atoms with Crippen LogP contribution in [0, 0.1) is 12.8 Å². The number of ether oxygens (including phenoxy) is 1. The minimum atomic E-state index is -4.30. The molecular weight excluding hydrogens is 622 g/mol. The Labute approximate surface area is 277 Å². The van der Waals surface area contributed by atoms with E-state index < -0.39 is 28.5 Å². The van der Waals surface area contributed by atoms with E-state index in [-0.39, 0.29) is 46.1 Å². The van der Waals surface area contributed by atoms with Crippen molar-refractivity contribution < 1.29 is 22.7 Å². The van der Waals surface area contributed by atoms with E-state index in [1.807, 2.05) is 81.4 Å². The summed E-state index contributed by atoms with van der Waals surface area (Å²) in [5.74, 6) is -0.486. The summed E-state index contributed by atoms with van der Waals surface area (Å²) in [6.45, 7) is 5.73. The molecule has 0 saturated heterocycles. The number of hydrogen-bond acceptors (Lipinski definition) is 5. The summed E-state index contributed by atoms with van der Waals surface area (Å²) in [7, 11) is -2.88. The molecule has 4 rings (SSSR count). The fourth-order valence-corrected chi connectivity index (χ4v) is 6.55. The van der Waals surface area contributed by atoms with E-state index in [2.05, 4.69) is 5.32 Å². The number of nitrogens with one attached hydrogen (secondary N) is 1. The largest absolute Gasteiger partial charge is 0.495 e. The van der Waals surface area contributed by atoms with Gasteiger partial charge in [-0.2, -0.15) is 0 Å². The number of rotatable bonds is 14. The number of anilines is 1. The van der Waals surface area contributed by atoms with Crippen LogP contribution in [0.3, 0.4) is 0 Å². The monoisotopic (exact) mass is 661 g/mol. The molecule has 0 radical (unpaired) electrons. The fourth-order valence-electron chi connectivity index (χ4n) is 4.97. The normalized spacial score (nSPS) is 12.0. The highest BCUT2D eigenvalue weighted by Crippen LogP contribution is 2.35. The van der Waals surface area contributed by atoms with Crippen LogP contribution >= 0.6 is 11.6 Å². The molecule has 0 heterocycles. The van der Waals surface area contributed by atoms with Crippen LogP contribution in [0.15, 0.2) is 108 Å². The SMILES string of the molecule is COc1ccc(Cl)cc1N(CC(=O)N(Cc1ccccc1)[C@H](Cc1ccccc1)C(=O)NCC(C)C)S(=O)(=O)c1ccc(C)cc1. The smallest absolute Gasteiger partial charge is 0.264 e. The highest BCUT2D eigenvalue weighted by Gasteiger charge is 2.35. The summed E-state index contributed by atoms with van der Waals surface area (Å²) in [4.78, 5) is 29.9. The molecule has 8 nitrogen and oxygen atoms in total. The Morgan fingerprint density at radius 3 is 2.07 bits per heavy atom. The zero-order valence-corrected chi connectivity index (χ0v) is 28.1. The Morgan fingerprint density at radius 1 is 0.870 bits per heavy atom. The van der Waals surface area contributed by atoms with Gasteiger partial charge >= 0.3 is 0 Å². The van der Waals surface area contributed by atoms with Crippen LogP contribution < -0.4 is 14.4 Å². The summed E-state index contributed by atoms with van der Waals surface area (Å²) < 4.78 is 35.1. The molecule has 0 aliphatic carbocycles. The molecule has 0 saturated carbocycles. The second-order valence-electron chi connectivity index (χ2n) is 11.5. The number of hydrogen-bond donors (Lipinski definition) is 1. The lowest BCUT2D eigenvalue weighted by Gasteiger charge is -2.34. The van der Waals surface area contributed by atoms with E-state index in [1.54, 1.807) is 24.3 Å². The van der Waals surface area contributed by atoms with Crippen molar-refractivity contribution in [2.75, 3.05) is 24.5 Å². The minimum absolute atomic E-state index is 0.00181. The number of carbonyl (C=O) groups is 2. The molecule has 0 aliphatic rings. The second-order valence-corrected chi connectivity index (χ2v) is 13.8. The van der Waals surface area contributed by atoms with Gasteiger partial charge in [-0.15, -0.1) is 0 Å². The number of carbonyl (C=O) groups excluding carboxylic acids is 2. The van der Waals surface area contributed by atoms with Gasteiger partial charge in [-0.05, 0) is 54.3 Å². The van der Waals surface area contributed by atoms with E-state index in [0.29, 0.717) is 6.54 Å². The van der Waals surface area contributed by atoms with Crippen LogP contribution in [-0.4, -0.2) is 51.4 Å². The molecule has 4 aromatic rings. The molecule has 0 fully saturated rings. The van der Waals surface area contributed by atoms with Gasteiger partial charge in [0.1, 0.15) is 18.3 Å². The van der Waals surface area contributed by atoms with Crippen LogP contribution in [0.2, 0.25) is 5.02 Å². The van der Waals surface area contributed by atoms with Crippen LogP contribution in [0.4, 0.5) is 5.69 Å². The third-order valence-electron chi connectivity index (χ3n) is 7.45. The maximum Gasteiger partial charge on any atom is 0.264 e. The standard InChI is InChI=1S/C36H40ClN3O5S/c1-26(2)23-38-36(42)33(21-28-11-7-5-8-12-28)39(24-29-13-9-6-10-14-29)35(41)25-40(32-22-30(37)17-20-34(32)45-4)46(43,44)31-18-15-27(3)16-19-31/h5-20,22,26,33H,21,23-25H2,1-4H3,(H,38,42)/t33-/m1/s1. The van der Waals surface area contributed by atoms with E-state index in [4.69, 9.17) is 16.3 Å². The van der Waals surface area contributed by atoms with Crippen molar-refractivity contribution in [1.82, 2.24) is 10.2 Å². The Bertz CT molecular complexity index is 1720. The van der Waals surface area contributed by atoms with Crippen LogP contribution in [-0.2, 0) is 32.6 Å². The third-order valence-corrected chi connectivity index (χ3v) is 9.46. The van der Waals surface area contributed by atoms with Gasteiger partial charge < -0.3 is 15.0 Å². The molecular formula is C36H40ClN3O5S. The maximum atomic E-state index is 14.6. The summed E-state index contributed by atoms with van der Waals surface area (Å²) in [5.41, 5.74) is 2.64. The lowest BCUT2D eigenvalue weighted by atomic mass is 10.0. The van der Waals surface area contributed by atoms with Crippen molar-refractivity contribution in [2.45, 2.75) is 44.7 Å². The minimum Gasteiger partial charge on any atom is -0.495 e. The molecule has 0 aromatic heterocycles. The Balaban J connectivity index is 1.83. The first-order valence-electron chi connectivity index (χ1n) is 15.1. The predicted molar refractivity (Wildman–Crippen MR) is 182 cm³/mol. The maximum absolute atomic E-state index is 14.6. The Hall–Kier alpha value is -4.34. The van der Waals surface area contributed by atoms with Crippen LogP contribution in [0.1, 0.15) is 30.5 Å². The summed E-state index contributed by atoms with van der Waals surface area (Å²) >= 11 is 6.36. The van der Waals surface area contributed by atoms with Crippen molar-refractivity contribution in [1.29, 1.82) is 0 Å². The molecule has 0 unspecified atom stereocenters. The summed E-state index contributed by atoms with van der Waals surface area (Å²) in [5, 5.41) is 3.26. The lowest BCUT2D eigenvalue weighted by molar-refractivity contribution is -0.140. The average Bonchev–Trinajstić information content (AvgIpc) is 3.05. The molecule has 0 spiro atoms. The molecule has 10 heteroatoms. The number of nitrogens with zero attached hydrogens (tertiary/aromatic N) is 2. The molecule has 46 heavy (non-hydrogen) atoms. The lowest BCUT2D eigenvalue weighted by Crippen LogP contribution is -2.53. The van der Waals surface area contributed by atoms with Gasteiger partial charge in [-0.25, -0.2) is 8.42 Å². The Kier molecular flexibility index (Phi) is 11.8. The molecule has 1 N–H and O–H groups in total. The zero-order valence-electron chi connectivity index (χ0n) is 26.5. The Morgan fingerprint density at radius 2 is 1.48 bits per heavy atom. The van der Waals surface area contributed by atoms with Crippen molar-refractivity contribution in [3.05, 3.63) is 125 Å². The van der Waals surface area contributed by atoms with Gasteiger partial charge in [-0.3, -0.25) is 13.9 Å². The first kappa shape index (κ1) is 34.5. The van der Waals surface area contributed by atoms with Gasteiger partial charge in [0.2, 0.25) is 11.8 Å². The molecule has 4 aromatic carbocycles. The van der Waals surface area contributed by atoms with Gasteiger partial charge in [-0.1, -0.05) is 104 Å². The topological polar surface area (TPSA) is 96.0 Å². The van der Waals surface area contributed by atoms with Crippen molar-refractivity contribution in [3.63, 3.8) is 0 Å². The fraction of sp³-hybridized carbons (Fsp3) is 0.278. The number of halogens is 1. The van der Waals surface area contributed by atoms with E-state index in [0.717, 1.165) is 21.0 Å². The number of methoxy groups -OCH3 is 1. The van der Waals surface area contributed by atoms with E-state index in [1.165, 1.54) is 30.2 Å². The zero-order chi connectivity index (χ0) is 33.3. The predicted octanol–water partition coefficient (Wildman–Crippen LogP) is 6.26. The number of benzene rings is 4. The van der Waals surface area contributed by atoms with Crippen molar-refractivity contribution in [2.24, 2.45) is 5.92 Å². The first-order valence-corrected chi connectivity index (χ1v) is 16.9. The van der Waals surface area contributed by atoms with E-state index >= 15 is 0 Å². The van der Waals surface area contributed by atoms with Gasteiger partial charge in [0.25, 0.3) is 10.0 Å². The molecule has 1 atom stereocenters. The van der Waals surface area contributed by atoms with Crippen LogP contribution in [0.5, 0.6) is 5.75 Å². The van der Waals surface area contributed by atoms with E-state index in [9.17, 15) is 18.0 Å². The summed E-state index contributed by atoms with van der Waals surface area (Å²) in [6.07, 6.45) is 0.231. The quantitative estimate of drug-likeness (QED) is 0.172. The van der Waals surface area contributed by atoms with Gasteiger partial charge in [0.15, 0.2) is 0 Å². The first-order chi connectivity index (χ1) is 22.0. The summed E-state index contributed by atoms with van der Waals surface area (Å²) in [6, 6.07) is 28.8. The number of aryl methyl sites for hydroxylation is 1. The number of sulfonamides is 1. The molecule has 0 bridgehead atoms. The average molecular weight is 662 g/mol. The van der Waals surface area contributed by atoms with Crippen LogP contribution in [0.25, 0.3) is 0 Å². The second kappa shape index (κ2) is 15.8. The third kappa shape index (κ3) is 8.89. The molecule has 2 amide bonds. The van der Waals surface area contributed by atoms with Gasteiger partial charge in [0, 0.05) is 24.5 Å². The van der Waals surface area contributed by atoms with Crippen molar-refractivity contribution in [3.8, 4) is 5.75 Å². The number of amides is 2. The molecule has 242 valence electrons. The molecule has 0 aliphatic heterocycles. The highest BCUT2D eigenvalue weighted by atomic mass is 35.5.